The van der Waals surface area contributed by atoms with Gasteiger partial charge in [-0.15, -0.1) is 0 Å². The zero-order valence-corrected chi connectivity index (χ0v) is 30.7. The van der Waals surface area contributed by atoms with Crippen LogP contribution in [0.5, 0.6) is 0 Å². The molecule has 0 saturated carbocycles. The molecule has 0 rings (SSSR count). The molecule has 0 aliphatic rings. The highest BCUT2D eigenvalue weighted by Crippen LogP contribution is 2.18. The Bertz CT molecular complexity index is 621. The average molecular weight is 655 g/mol. The molecular weight excluding hydrogens is 580 g/mol. The van der Waals surface area contributed by atoms with Crippen LogP contribution in [0.2, 0.25) is 0 Å². The van der Waals surface area contributed by atoms with Crippen molar-refractivity contribution in [2.75, 3.05) is 31.9 Å². The number of carbonyl (C=O) groups is 3. The van der Waals surface area contributed by atoms with E-state index in [0.717, 1.165) is 83.7 Å². The summed E-state index contributed by atoms with van der Waals surface area (Å²) in [5.41, 5.74) is 0. The summed E-state index contributed by atoms with van der Waals surface area (Å²) in [6.45, 7) is 8.81. The molecule has 0 spiro atoms. The number of aldehydes is 2. The molecule has 0 radical (unpaired) electrons. The van der Waals surface area contributed by atoms with Gasteiger partial charge in [0, 0.05) is 19.4 Å². The van der Waals surface area contributed by atoms with Crippen LogP contribution in [0.25, 0.3) is 0 Å². The van der Waals surface area contributed by atoms with Crippen molar-refractivity contribution < 1.29 is 19.1 Å². The minimum Gasteiger partial charge on any atom is -0.462 e. The molecule has 1 N–H and O–H groups in total. The third-order valence-corrected chi connectivity index (χ3v) is 9.43. The first-order valence-corrected chi connectivity index (χ1v) is 20.3. The normalized spacial score (nSPS) is 11.5. The van der Waals surface area contributed by atoms with E-state index in [1.807, 2.05) is 0 Å². The van der Waals surface area contributed by atoms with Crippen LogP contribution >= 0.6 is 11.9 Å². The van der Waals surface area contributed by atoms with Crippen molar-refractivity contribution >= 4 is 30.5 Å². The Morgan fingerprint density at radius 3 is 1.67 bits per heavy atom. The molecule has 0 unspecified atom stereocenters. The zero-order chi connectivity index (χ0) is 32.9. The van der Waals surface area contributed by atoms with E-state index in [1.165, 1.54) is 128 Å². The molecule has 266 valence electrons. The largest absolute Gasteiger partial charge is 0.462 e. The monoisotopic (exact) mass is 655 g/mol. The molecule has 0 aromatic carbocycles. The summed E-state index contributed by atoms with van der Waals surface area (Å²) in [4.78, 5) is 36.3. The van der Waals surface area contributed by atoms with Gasteiger partial charge in [0.1, 0.15) is 18.7 Å². The lowest BCUT2D eigenvalue weighted by Crippen LogP contribution is -2.29. The number of ether oxygens (including phenoxy) is 1. The van der Waals surface area contributed by atoms with Crippen LogP contribution in [-0.4, -0.2) is 61.5 Å². The molecule has 0 saturated heterocycles. The maximum absolute atomic E-state index is 12.7. The maximum atomic E-state index is 12.7. The molecule has 0 bridgehead atoms. The lowest BCUT2D eigenvalue weighted by atomic mass is 10.0. The predicted octanol–water partition coefficient (Wildman–Crippen LogP) is 10.4. The van der Waals surface area contributed by atoms with Gasteiger partial charge in [-0.2, -0.15) is 0 Å². The van der Waals surface area contributed by atoms with Crippen molar-refractivity contribution in [1.82, 2.24) is 9.62 Å². The second-order valence-electron chi connectivity index (χ2n) is 13.0. The SMILES string of the molecule is CCCCCCCCC(CCCCCCCC)OC(=O)CCCCCCCN(CCCCCCCC=O)CCCNSCC=O. The van der Waals surface area contributed by atoms with Gasteiger partial charge in [0.25, 0.3) is 0 Å². The quantitative estimate of drug-likeness (QED) is 0.0307. The highest BCUT2D eigenvalue weighted by atomic mass is 32.2. The minimum absolute atomic E-state index is 0.0224. The van der Waals surface area contributed by atoms with Crippen molar-refractivity contribution in [2.45, 2.75) is 193 Å². The third-order valence-electron chi connectivity index (χ3n) is 8.72. The van der Waals surface area contributed by atoms with E-state index < -0.39 is 0 Å². The van der Waals surface area contributed by atoms with E-state index >= 15 is 0 Å². The first kappa shape index (κ1) is 44.1. The van der Waals surface area contributed by atoms with Gasteiger partial charge in [0.15, 0.2) is 0 Å². The van der Waals surface area contributed by atoms with Crippen LogP contribution in [0.3, 0.4) is 0 Å². The highest BCUT2D eigenvalue weighted by molar-refractivity contribution is 7.97. The molecule has 0 aromatic heterocycles. The average Bonchev–Trinajstić information content (AvgIpc) is 3.04. The van der Waals surface area contributed by atoms with Crippen LogP contribution < -0.4 is 4.72 Å². The molecule has 0 aliphatic heterocycles. The fourth-order valence-corrected chi connectivity index (χ4v) is 6.39. The van der Waals surface area contributed by atoms with Gasteiger partial charge in [-0.05, 0) is 77.4 Å². The summed E-state index contributed by atoms with van der Waals surface area (Å²) in [6, 6.07) is 0. The molecule has 6 nitrogen and oxygen atoms in total. The van der Waals surface area contributed by atoms with Crippen LogP contribution in [0.1, 0.15) is 187 Å². The topological polar surface area (TPSA) is 75.7 Å². The fourth-order valence-electron chi connectivity index (χ4n) is 5.92. The number of rotatable bonds is 38. The summed E-state index contributed by atoms with van der Waals surface area (Å²) in [5.74, 6) is 0.527. The molecule has 0 atom stereocenters. The smallest absolute Gasteiger partial charge is 0.306 e. The molecule has 45 heavy (non-hydrogen) atoms. The molecule has 0 heterocycles. The van der Waals surface area contributed by atoms with Crippen molar-refractivity contribution in [3.05, 3.63) is 0 Å². The Balaban J connectivity index is 4.25. The van der Waals surface area contributed by atoms with E-state index in [-0.39, 0.29) is 12.1 Å². The van der Waals surface area contributed by atoms with Crippen LogP contribution in [-0.2, 0) is 19.1 Å². The molecule has 0 amide bonds. The number of nitrogens with one attached hydrogen (secondary N) is 1. The number of hydrogen-bond acceptors (Lipinski definition) is 7. The Labute approximate surface area is 283 Å². The van der Waals surface area contributed by atoms with Gasteiger partial charge in [-0.3, -0.25) is 9.52 Å². The van der Waals surface area contributed by atoms with Crippen LogP contribution in [0.15, 0.2) is 0 Å². The van der Waals surface area contributed by atoms with Crippen LogP contribution in [0, 0.1) is 0 Å². The van der Waals surface area contributed by atoms with Gasteiger partial charge in [-0.1, -0.05) is 129 Å². The molecule has 0 fully saturated rings. The van der Waals surface area contributed by atoms with Gasteiger partial charge in [-0.25, -0.2) is 0 Å². The summed E-state index contributed by atoms with van der Waals surface area (Å²) in [6.07, 6.45) is 33.4. The summed E-state index contributed by atoms with van der Waals surface area (Å²) in [5, 5.41) is 0. The number of unbranched alkanes of at least 4 members (excludes halogenated alkanes) is 19. The van der Waals surface area contributed by atoms with Gasteiger partial charge in [0.2, 0.25) is 0 Å². The Kier molecular flexibility index (Phi) is 36.8. The van der Waals surface area contributed by atoms with E-state index in [2.05, 4.69) is 23.5 Å². The summed E-state index contributed by atoms with van der Waals surface area (Å²) in [7, 11) is 0. The van der Waals surface area contributed by atoms with E-state index in [9.17, 15) is 14.4 Å². The summed E-state index contributed by atoms with van der Waals surface area (Å²) < 4.78 is 9.30. The second kappa shape index (κ2) is 37.5. The predicted molar refractivity (Wildman–Crippen MR) is 195 cm³/mol. The highest BCUT2D eigenvalue weighted by Gasteiger charge is 2.14. The van der Waals surface area contributed by atoms with Crippen molar-refractivity contribution in [3.8, 4) is 0 Å². The Morgan fingerprint density at radius 1 is 0.622 bits per heavy atom. The zero-order valence-electron chi connectivity index (χ0n) is 29.8. The van der Waals surface area contributed by atoms with Gasteiger partial charge in [0.05, 0.1) is 5.75 Å². The standard InChI is InChI=1S/C38H74N2O4S/c1-3-5-7-9-14-20-27-37(28-21-15-10-8-6-4-2)44-38(43)29-22-16-13-18-24-32-40(33-26-30-39-45-36-35-42)31-23-17-11-12-19-25-34-41/h34-35,37,39H,3-33,36H2,1-2H3. The molecule has 0 aromatic rings. The molecular formula is C38H74N2O4S. The van der Waals surface area contributed by atoms with Crippen molar-refractivity contribution in [1.29, 1.82) is 0 Å². The first-order chi connectivity index (χ1) is 22.2. The Morgan fingerprint density at radius 2 is 1.11 bits per heavy atom. The second-order valence-corrected chi connectivity index (χ2v) is 13.9. The van der Waals surface area contributed by atoms with E-state index in [0.29, 0.717) is 18.6 Å². The third kappa shape index (κ3) is 34.2. The van der Waals surface area contributed by atoms with Gasteiger partial charge >= 0.3 is 5.97 Å². The molecule has 0 aliphatic carbocycles. The van der Waals surface area contributed by atoms with Gasteiger partial charge < -0.3 is 19.2 Å². The fraction of sp³-hybridized carbons (Fsp3) is 0.921. The van der Waals surface area contributed by atoms with Crippen molar-refractivity contribution in [2.24, 2.45) is 0 Å². The number of hydrogen-bond donors (Lipinski definition) is 1. The Hall–Kier alpha value is -0.920. The number of nitrogens with zero attached hydrogens (tertiary/aromatic N) is 1. The van der Waals surface area contributed by atoms with Crippen molar-refractivity contribution in [3.63, 3.8) is 0 Å². The number of carbonyl (C=O) groups excluding carboxylic acids is 3. The molecule has 7 heteroatoms. The van der Waals surface area contributed by atoms with E-state index in [4.69, 9.17) is 4.74 Å². The van der Waals surface area contributed by atoms with Crippen LogP contribution in [0.4, 0.5) is 0 Å². The van der Waals surface area contributed by atoms with E-state index in [1.54, 1.807) is 0 Å². The summed E-state index contributed by atoms with van der Waals surface area (Å²) >= 11 is 1.49. The lowest BCUT2D eigenvalue weighted by Gasteiger charge is -2.22. The number of esters is 1. The minimum atomic E-state index is 0.0224. The first-order valence-electron chi connectivity index (χ1n) is 19.3. The lowest BCUT2D eigenvalue weighted by molar-refractivity contribution is -0.150. The maximum Gasteiger partial charge on any atom is 0.306 e.